The van der Waals surface area contributed by atoms with E-state index < -0.39 is 6.03 Å². The Morgan fingerprint density at radius 2 is 1.80 bits per heavy atom. The highest BCUT2D eigenvalue weighted by Crippen LogP contribution is 2.10. The van der Waals surface area contributed by atoms with Crippen LogP contribution >= 0.6 is 0 Å². The standard InChI is InChI=1S/C15H23N3O2/c1-4-11(2)17-15(20)18-14(19)10-16-12(3)13-8-6-5-7-9-13/h5-9,11-12,16H,4,10H2,1-3H3,(H2,17,18,19,20)/t11-,12-/m0/s1. The average molecular weight is 277 g/mol. The van der Waals surface area contributed by atoms with E-state index in [4.69, 9.17) is 0 Å². The van der Waals surface area contributed by atoms with Crippen molar-refractivity contribution >= 4 is 11.9 Å². The normalized spacial score (nSPS) is 13.3. The van der Waals surface area contributed by atoms with E-state index in [1.54, 1.807) is 0 Å². The average Bonchev–Trinajstić information content (AvgIpc) is 2.45. The number of rotatable bonds is 6. The number of nitrogens with one attached hydrogen (secondary N) is 3. The number of imide groups is 1. The smallest absolute Gasteiger partial charge is 0.321 e. The van der Waals surface area contributed by atoms with Crippen molar-refractivity contribution in [3.05, 3.63) is 35.9 Å². The SMILES string of the molecule is CC[C@H](C)NC(=O)NC(=O)CN[C@@H](C)c1ccccc1. The molecule has 3 amide bonds. The molecule has 0 aromatic heterocycles. The van der Waals surface area contributed by atoms with Crippen LogP contribution in [0.3, 0.4) is 0 Å². The second-order valence-corrected chi connectivity index (χ2v) is 4.84. The third-order valence-corrected chi connectivity index (χ3v) is 3.11. The van der Waals surface area contributed by atoms with Crippen LogP contribution < -0.4 is 16.0 Å². The van der Waals surface area contributed by atoms with Crippen molar-refractivity contribution in [2.75, 3.05) is 6.54 Å². The Morgan fingerprint density at radius 1 is 1.15 bits per heavy atom. The van der Waals surface area contributed by atoms with Gasteiger partial charge in [0.2, 0.25) is 5.91 Å². The highest BCUT2D eigenvalue weighted by atomic mass is 16.2. The van der Waals surface area contributed by atoms with Gasteiger partial charge in [-0.15, -0.1) is 0 Å². The molecule has 0 fully saturated rings. The molecular formula is C15H23N3O2. The van der Waals surface area contributed by atoms with Gasteiger partial charge in [0.15, 0.2) is 0 Å². The van der Waals surface area contributed by atoms with Crippen LogP contribution in [0.15, 0.2) is 30.3 Å². The Hall–Kier alpha value is -1.88. The molecule has 20 heavy (non-hydrogen) atoms. The number of urea groups is 1. The lowest BCUT2D eigenvalue weighted by atomic mass is 10.1. The van der Waals surface area contributed by atoms with Crippen LogP contribution in [0.4, 0.5) is 4.79 Å². The fourth-order valence-electron chi connectivity index (χ4n) is 1.64. The van der Waals surface area contributed by atoms with E-state index in [1.165, 1.54) is 0 Å². The minimum absolute atomic E-state index is 0.0546. The molecule has 0 spiro atoms. The van der Waals surface area contributed by atoms with Crippen molar-refractivity contribution in [2.24, 2.45) is 0 Å². The molecule has 0 bridgehead atoms. The van der Waals surface area contributed by atoms with Gasteiger partial charge in [-0.2, -0.15) is 0 Å². The molecular weight excluding hydrogens is 254 g/mol. The molecule has 3 N–H and O–H groups in total. The molecule has 5 heteroatoms. The number of hydrogen-bond acceptors (Lipinski definition) is 3. The van der Waals surface area contributed by atoms with Crippen molar-refractivity contribution in [3.63, 3.8) is 0 Å². The van der Waals surface area contributed by atoms with E-state index in [1.807, 2.05) is 51.1 Å². The Kier molecular flexibility index (Phi) is 6.73. The zero-order valence-corrected chi connectivity index (χ0v) is 12.3. The maximum Gasteiger partial charge on any atom is 0.321 e. The molecule has 5 nitrogen and oxygen atoms in total. The van der Waals surface area contributed by atoms with E-state index >= 15 is 0 Å². The van der Waals surface area contributed by atoms with Crippen LogP contribution in [0.1, 0.15) is 38.8 Å². The van der Waals surface area contributed by atoms with Gasteiger partial charge in [0.25, 0.3) is 0 Å². The Bertz CT molecular complexity index is 434. The Balaban J connectivity index is 2.31. The lowest BCUT2D eigenvalue weighted by Gasteiger charge is -2.15. The minimum atomic E-state index is -0.446. The summed E-state index contributed by atoms with van der Waals surface area (Å²) in [5.41, 5.74) is 1.10. The summed E-state index contributed by atoms with van der Waals surface area (Å²) >= 11 is 0. The van der Waals surface area contributed by atoms with Gasteiger partial charge < -0.3 is 10.6 Å². The lowest BCUT2D eigenvalue weighted by molar-refractivity contribution is -0.119. The molecule has 0 saturated carbocycles. The molecule has 0 aliphatic heterocycles. The summed E-state index contributed by atoms with van der Waals surface area (Å²) in [6.45, 7) is 5.93. The molecule has 110 valence electrons. The monoisotopic (exact) mass is 277 g/mol. The minimum Gasteiger partial charge on any atom is -0.335 e. The number of benzene rings is 1. The summed E-state index contributed by atoms with van der Waals surface area (Å²) < 4.78 is 0. The van der Waals surface area contributed by atoms with Crippen LogP contribution in [0, 0.1) is 0 Å². The van der Waals surface area contributed by atoms with Crippen molar-refractivity contribution < 1.29 is 9.59 Å². The number of amides is 3. The third kappa shape index (κ3) is 5.84. The van der Waals surface area contributed by atoms with E-state index in [0.29, 0.717) is 0 Å². The van der Waals surface area contributed by atoms with Gasteiger partial charge in [0.05, 0.1) is 6.54 Å². The fraction of sp³-hybridized carbons (Fsp3) is 0.467. The van der Waals surface area contributed by atoms with Gasteiger partial charge in [0, 0.05) is 12.1 Å². The summed E-state index contributed by atoms with van der Waals surface area (Å²) in [5.74, 6) is -0.339. The molecule has 0 saturated heterocycles. The molecule has 0 aliphatic carbocycles. The summed E-state index contributed by atoms with van der Waals surface area (Å²) in [7, 11) is 0. The summed E-state index contributed by atoms with van der Waals surface area (Å²) in [6.07, 6.45) is 0.824. The largest absolute Gasteiger partial charge is 0.335 e. The zero-order valence-electron chi connectivity index (χ0n) is 12.3. The predicted octanol–water partition coefficient (Wildman–Crippen LogP) is 1.96. The van der Waals surface area contributed by atoms with E-state index in [2.05, 4.69) is 16.0 Å². The summed E-state index contributed by atoms with van der Waals surface area (Å²) in [5, 5.41) is 8.06. The molecule has 1 rings (SSSR count). The topological polar surface area (TPSA) is 70.2 Å². The Morgan fingerprint density at radius 3 is 2.40 bits per heavy atom. The van der Waals surface area contributed by atoms with Crippen molar-refractivity contribution in [2.45, 2.75) is 39.3 Å². The molecule has 1 aromatic carbocycles. The second-order valence-electron chi connectivity index (χ2n) is 4.84. The van der Waals surface area contributed by atoms with Gasteiger partial charge in [0.1, 0.15) is 0 Å². The first-order chi connectivity index (χ1) is 9.52. The zero-order chi connectivity index (χ0) is 15.0. The maximum absolute atomic E-state index is 11.6. The van der Waals surface area contributed by atoms with Gasteiger partial charge in [-0.3, -0.25) is 10.1 Å². The lowest BCUT2D eigenvalue weighted by Crippen LogP contribution is -2.46. The number of hydrogen-bond donors (Lipinski definition) is 3. The highest BCUT2D eigenvalue weighted by molar-refractivity contribution is 5.95. The predicted molar refractivity (Wildman–Crippen MR) is 79.3 cm³/mol. The van der Waals surface area contributed by atoms with Gasteiger partial charge >= 0.3 is 6.03 Å². The molecule has 0 heterocycles. The van der Waals surface area contributed by atoms with Crippen LogP contribution in [0.5, 0.6) is 0 Å². The summed E-state index contributed by atoms with van der Waals surface area (Å²) in [4.78, 5) is 23.1. The van der Waals surface area contributed by atoms with Crippen LogP contribution in [0.25, 0.3) is 0 Å². The highest BCUT2D eigenvalue weighted by Gasteiger charge is 2.11. The fourth-order valence-corrected chi connectivity index (χ4v) is 1.64. The van der Waals surface area contributed by atoms with Crippen LogP contribution in [-0.4, -0.2) is 24.5 Å². The van der Waals surface area contributed by atoms with Crippen LogP contribution in [-0.2, 0) is 4.79 Å². The van der Waals surface area contributed by atoms with Gasteiger partial charge in [-0.25, -0.2) is 4.79 Å². The van der Waals surface area contributed by atoms with E-state index in [9.17, 15) is 9.59 Å². The van der Waals surface area contributed by atoms with Gasteiger partial charge in [-0.05, 0) is 25.8 Å². The molecule has 0 radical (unpaired) electrons. The second kappa shape index (κ2) is 8.32. The van der Waals surface area contributed by atoms with Crippen LogP contribution in [0.2, 0.25) is 0 Å². The number of carbonyl (C=O) groups excluding carboxylic acids is 2. The first-order valence-corrected chi connectivity index (χ1v) is 6.91. The third-order valence-electron chi connectivity index (χ3n) is 3.11. The molecule has 0 aliphatic rings. The molecule has 0 unspecified atom stereocenters. The van der Waals surface area contributed by atoms with Crippen molar-refractivity contribution in [1.29, 1.82) is 0 Å². The first kappa shape index (κ1) is 16.2. The summed E-state index contributed by atoms with van der Waals surface area (Å²) in [6, 6.07) is 9.50. The van der Waals surface area contributed by atoms with E-state index in [-0.39, 0.29) is 24.5 Å². The van der Waals surface area contributed by atoms with Crippen molar-refractivity contribution in [1.82, 2.24) is 16.0 Å². The van der Waals surface area contributed by atoms with Crippen molar-refractivity contribution in [3.8, 4) is 0 Å². The van der Waals surface area contributed by atoms with Gasteiger partial charge in [-0.1, -0.05) is 37.3 Å². The number of carbonyl (C=O) groups is 2. The quantitative estimate of drug-likeness (QED) is 0.744. The Labute approximate surface area is 120 Å². The molecule has 1 aromatic rings. The first-order valence-electron chi connectivity index (χ1n) is 6.91. The maximum atomic E-state index is 11.6. The molecule has 2 atom stereocenters. The van der Waals surface area contributed by atoms with E-state index in [0.717, 1.165) is 12.0 Å².